The number of esters is 2. The van der Waals surface area contributed by atoms with Crippen molar-refractivity contribution in [3.8, 4) is 0 Å². The molecule has 1 aliphatic carbocycles. The molecule has 1 saturated carbocycles. The Morgan fingerprint density at radius 1 is 0.935 bits per heavy atom. The lowest BCUT2D eigenvalue weighted by molar-refractivity contribution is -0.294. The summed E-state index contributed by atoms with van der Waals surface area (Å²) < 4.78 is 73.3. The molecule has 4 nitrogen and oxygen atoms in total. The fourth-order valence-corrected chi connectivity index (χ4v) is 3.90. The van der Waals surface area contributed by atoms with E-state index < -0.39 is 53.5 Å². The number of carbonyl (C=O) groups excluding carboxylic acids is 2. The molecule has 0 aromatic heterocycles. The molecule has 1 rings (SSSR count). The first kappa shape index (κ1) is 27.6. The van der Waals surface area contributed by atoms with Crippen LogP contribution >= 0.6 is 0 Å². The Kier molecular flexibility index (Phi) is 8.56. The molecule has 0 bridgehead atoms. The molecule has 1 atom stereocenters. The minimum atomic E-state index is -5.81. The second kappa shape index (κ2) is 9.61. The molecule has 1 aliphatic rings. The van der Waals surface area contributed by atoms with Crippen LogP contribution in [0.15, 0.2) is 0 Å². The highest BCUT2D eigenvalue weighted by Gasteiger charge is 2.58. The summed E-state index contributed by atoms with van der Waals surface area (Å²) in [4.78, 5) is 25.5. The fraction of sp³-hybridized carbons (Fsp3) is 0.909. The molecule has 9 heteroatoms. The standard InChI is InChI=1S/C22H35F5O4/c1-15(2)12-19(6,18(3,4)5)17(29)31-20(10-8-7-9-11-20)13-16(28)30-14-21(23,24)22(25,26)27/h15H,7-14H2,1-6H3. The van der Waals surface area contributed by atoms with Gasteiger partial charge in [-0.2, -0.15) is 22.0 Å². The lowest BCUT2D eigenvalue weighted by Crippen LogP contribution is -2.49. The third-order valence-electron chi connectivity index (χ3n) is 6.29. The zero-order valence-corrected chi connectivity index (χ0v) is 19.3. The highest BCUT2D eigenvalue weighted by atomic mass is 19.4. The van der Waals surface area contributed by atoms with Crippen LogP contribution in [0.25, 0.3) is 0 Å². The van der Waals surface area contributed by atoms with E-state index in [2.05, 4.69) is 4.74 Å². The fourth-order valence-electron chi connectivity index (χ4n) is 3.90. The Bertz CT molecular complexity index is 631. The van der Waals surface area contributed by atoms with Crippen molar-refractivity contribution >= 4 is 11.9 Å². The Balaban J connectivity index is 3.01. The minimum Gasteiger partial charge on any atom is -0.459 e. The predicted octanol–water partition coefficient (Wildman–Crippen LogP) is 6.46. The van der Waals surface area contributed by atoms with Crippen molar-refractivity contribution in [3.63, 3.8) is 0 Å². The molecule has 0 radical (unpaired) electrons. The number of rotatable bonds is 8. The lowest BCUT2D eigenvalue weighted by atomic mass is 9.64. The summed E-state index contributed by atoms with van der Waals surface area (Å²) in [5, 5.41) is 0. The molecular weight excluding hydrogens is 423 g/mol. The molecule has 182 valence electrons. The van der Waals surface area contributed by atoms with Crippen LogP contribution in [0.2, 0.25) is 0 Å². The molecule has 1 unspecified atom stereocenters. The van der Waals surface area contributed by atoms with Crippen LogP contribution in [0.4, 0.5) is 22.0 Å². The van der Waals surface area contributed by atoms with Gasteiger partial charge in [-0.25, -0.2) is 0 Å². The Morgan fingerprint density at radius 2 is 1.45 bits per heavy atom. The number of halogens is 5. The first-order chi connectivity index (χ1) is 13.9. The van der Waals surface area contributed by atoms with E-state index in [-0.39, 0.29) is 5.92 Å². The lowest BCUT2D eigenvalue weighted by Gasteiger charge is -2.45. The van der Waals surface area contributed by atoms with Gasteiger partial charge in [-0.15, -0.1) is 0 Å². The second-order valence-electron chi connectivity index (χ2n) is 10.4. The zero-order valence-electron chi connectivity index (χ0n) is 19.3. The third-order valence-corrected chi connectivity index (χ3v) is 6.29. The van der Waals surface area contributed by atoms with Crippen LogP contribution in [-0.2, 0) is 19.1 Å². The monoisotopic (exact) mass is 458 g/mol. The molecule has 1 fully saturated rings. The summed E-state index contributed by atoms with van der Waals surface area (Å²) in [6.07, 6.45) is -3.03. The normalized spacial score (nSPS) is 19.6. The molecule has 0 heterocycles. The third kappa shape index (κ3) is 7.04. The van der Waals surface area contributed by atoms with Gasteiger partial charge in [-0.3, -0.25) is 9.59 Å². The van der Waals surface area contributed by atoms with E-state index in [9.17, 15) is 31.5 Å². The van der Waals surface area contributed by atoms with Gasteiger partial charge < -0.3 is 9.47 Å². The van der Waals surface area contributed by atoms with Crippen LogP contribution in [-0.4, -0.2) is 36.2 Å². The second-order valence-corrected chi connectivity index (χ2v) is 10.4. The van der Waals surface area contributed by atoms with Crippen LogP contribution in [0.5, 0.6) is 0 Å². The number of ether oxygens (including phenoxy) is 2. The molecule has 0 N–H and O–H groups in total. The van der Waals surface area contributed by atoms with Crippen molar-refractivity contribution in [2.45, 2.75) is 104 Å². The zero-order chi connectivity index (χ0) is 24.3. The molecule has 31 heavy (non-hydrogen) atoms. The van der Waals surface area contributed by atoms with E-state index in [1.165, 1.54) is 0 Å². The van der Waals surface area contributed by atoms with E-state index in [0.29, 0.717) is 32.1 Å². The van der Waals surface area contributed by atoms with Gasteiger partial charge in [0.25, 0.3) is 0 Å². The smallest absolute Gasteiger partial charge is 0.456 e. The van der Waals surface area contributed by atoms with Gasteiger partial charge in [0.15, 0.2) is 6.61 Å². The molecule has 0 spiro atoms. The van der Waals surface area contributed by atoms with Crippen LogP contribution in [0.1, 0.15) is 86.5 Å². The van der Waals surface area contributed by atoms with Crippen LogP contribution < -0.4 is 0 Å². The van der Waals surface area contributed by atoms with Crippen molar-refractivity contribution in [1.82, 2.24) is 0 Å². The summed E-state index contributed by atoms with van der Waals surface area (Å²) in [5.41, 5.74) is -2.60. The van der Waals surface area contributed by atoms with Crippen molar-refractivity contribution in [2.75, 3.05) is 6.61 Å². The van der Waals surface area contributed by atoms with Crippen LogP contribution in [0, 0.1) is 16.7 Å². The van der Waals surface area contributed by atoms with Crippen LogP contribution in [0.3, 0.4) is 0 Å². The highest BCUT2D eigenvalue weighted by Crippen LogP contribution is 2.47. The largest absolute Gasteiger partial charge is 0.459 e. The van der Waals surface area contributed by atoms with Crippen molar-refractivity contribution < 1.29 is 41.0 Å². The first-order valence-electron chi connectivity index (χ1n) is 10.7. The summed E-state index contributed by atoms with van der Waals surface area (Å²) in [5.74, 6) is -6.68. The van der Waals surface area contributed by atoms with E-state index in [4.69, 9.17) is 4.74 Å². The summed E-state index contributed by atoms with van der Waals surface area (Å²) in [6, 6.07) is 0. The van der Waals surface area contributed by atoms with Gasteiger partial charge in [0.1, 0.15) is 5.60 Å². The predicted molar refractivity (Wildman–Crippen MR) is 106 cm³/mol. The van der Waals surface area contributed by atoms with E-state index in [0.717, 1.165) is 6.42 Å². The molecular formula is C22H35F5O4. The number of alkyl halides is 5. The maximum Gasteiger partial charge on any atom is 0.456 e. The molecule has 0 aromatic carbocycles. The number of hydrogen-bond acceptors (Lipinski definition) is 4. The minimum absolute atomic E-state index is 0.189. The highest BCUT2D eigenvalue weighted by molar-refractivity contribution is 5.79. The van der Waals surface area contributed by atoms with Crippen molar-refractivity contribution in [1.29, 1.82) is 0 Å². The molecule has 0 saturated heterocycles. The summed E-state index contributed by atoms with van der Waals surface area (Å²) in [7, 11) is 0. The van der Waals surface area contributed by atoms with Crippen molar-refractivity contribution in [2.24, 2.45) is 16.7 Å². The van der Waals surface area contributed by atoms with Gasteiger partial charge in [0, 0.05) is 0 Å². The SMILES string of the molecule is CC(C)CC(C)(C(=O)OC1(CC(=O)OCC(F)(F)C(F)(F)F)CCCCC1)C(C)(C)C. The first-order valence-corrected chi connectivity index (χ1v) is 10.7. The average molecular weight is 459 g/mol. The molecule has 0 aromatic rings. The van der Waals surface area contributed by atoms with Gasteiger partial charge in [-0.1, -0.05) is 41.0 Å². The molecule has 0 aliphatic heterocycles. The Morgan fingerprint density at radius 3 is 1.87 bits per heavy atom. The van der Waals surface area contributed by atoms with E-state index in [1.807, 2.05) is 34.6 Å². The number of carbonyl (C=O) groups is 2. The van der Waals surface area contributed by atoms with Gasteiger partial charge in [0.2, 0.25) is 0 Å². The van der Waals surface area contributed by atoms with Gasteiger partial charge >= 0.3 is 24.0 Å². The summed E-state index contributed by atoms with van der Waals surface area (Å²) in [6.45, 7) is 9.41. The number of hydrogen-bond donors (Lipinski definition) is 0. The quantitative estimate of drug-likeness (QED) is 0.309. The molecule has 0 amide bonds. The van der Waals surface area contributed by atoms with Gasteiger partial charge in [0.05, 0.1) is 11.8 Å². The van der Waals surface area contributed by atoms with Crippen molar-refractivity contribution in [3.05, 3.63) is 0 Å². The van der Waals surface area contributed by atoms with E-state index in [1.54, 1.807) is 6.92 Å². The maximum atomic E-state index is 13.3. The summed E-state index contributed by atoms with van der Waals surface area (Å²) >= 11 is 0. The topological polar surface area (TPSA) is 52.6 Å². The van der Waals surface area contributed by atoms with Gasteiger partial charge in [-0.05, 0) is 50.4 Å². The van der Waals surface area contributed by atoms with E-state index >= 15 is 0 Å². The average Bonchev–Trinajstić information content (AvgIpc) is 2.58. The Hall–Kier alpha value is -1.41. The Labute approximate surface area is 181 Å². The maximum absolute atomic E-state index is 13.3.